The van der Waals surface area contributed by atoms with Crippen LogP contribution >= 0.6 is 0 Å². The van der Waals surface area contributed by atoms with E-state index in [2.05, 4.69) is 180 Å². The molecule has 0 fully saturated rings. The number of benzene rings is 7. The van der Waals surface area contributed by atoms with Crippen molar-refractivity contribution in [1.82, 2.24) is 4.57 Å². The van der Waals surface area contributed by atoms with E-state index in [1.807, 2.05) is 0 Å². The van der Waals surface area contributed by atoms with E-state index in [4.69, 9.17) is 0 Å². The second kappa shape index (κ2) is 9.99. The maximum absolute atomic E-state index is 2.53. The van der Waals surface area contributed by atoms with Gasteiger partial charge in [-0.1, -0.05) is 105 Å². The number of aromatic nitrogens is 1. The van der Waals surface area contributed by atoms with Crippen molar-refractivity contribution in [1.29, 1.82) is 0 Å². The molecule has 238 valence electrons. The minimum atomic E-state index is -0.197. The lowest BCUT2D eigenvalue weighted by Crippen LogP contribution is -2.27. The quantitative estimate of drug-likeness (QED) is 0.186. The van der Waals surface area contributed by atoms with Crippen molar-refractivity contribution in [3.63, 3.8) is 0 Å². The fraction of sp³-hybridized carbons (Fsp3) is 0.106. The Bertz CT molecular complexity index is 2620. The molecule has 0 bridgehead atoms. The molecule has 3 heteroatoms. The zero-order valence-electron chi connectivity index (χ0n) is 28.2. The van der Waals surface area contributed by atoms with Crippen molar-refractivity contribution < 1.29 is 0 Å². The van der Waals surface area contributed by atoms with Crippen molar-refractivity contribution >= 4 is 55.9 Å². The van der Waals surface area contributed by atoms with Crippen molar-refractivity contribution in [2.75, 3.05) is 9.80 Å². The van der Waals surface area contributed by atoms with Gasteiger partial charge in [0.1, 0.15) is 0 Å². The van der Waals surface area contributed by atoms with E-state index in [1.165, 1.54) is 95.0 Å². The first-order valence-electron chi connectivity index (χ1n) is 17.7. The van der Waals surface area contributed by atoms with Crippen molar-refractivity contribution in [3.05, 3.63) is 185 Å². The number of rotatable bonds is 2. The van der Waals surface area contributed by atoms with E-state index in [-0.39, 0.29) is 5.41 Å². The van der Waals surface area contributed by atoms with E-state index in [9.17, 15) is 0 Å². The molecule has 7 aromatic carbocycles. The molecule has 0 atom stereocenters. The van der Waals surface area contributed by atoms with Crippen LogP contribution in [-0.2, 0) is 18.3 Å². The number of nitrogens with zero attached hydrogens (tertiary/aromatic N) is 3. The van der Waals surface area contributed by atoms with Gasteiger partial charge >= 0.3 is 0 Å². The summed E-state index contributed by atoms with van der Waals surface area (Å²) >= 11 is 0. The molecular weight excluding hydrogens is 607 g/mol. The third kappa shape index (κ3) is 3.69. The second-order valence-corrected chi connectivity index (χ2v) is 14.6. The standard InChI is InChI=1S/C47H35N3/c1-47(2)38-17-7-12-22-45(38)50-44-24-23-34(48-40-18-8-3-13-30(40)25-31-14-4-9-19-41(31)48)27-36(44)37-28-35(29-39(47)46(37)50)49-42-20-10-5-15-32(42)26-33-16-6-11-21-43(33)49/h3-24,27-29H,25-26H2,1-2H3. The third-order valence-electron chi connectivity index (χ3n) is 11.5. The molecule has 50 heavy (non-hydrogen) atoms. The molecule has 0 saturated heterocycles. The minimum absolute atomic E-state index is 0.197. The summed E-state index contributed by atoms with van der Waals surface area (Å²) in [5.41, 5.74) is 19.2. The van der Waals surface area contributed by atoms with Gasteiger partial charge in [0.25, 0.3) is 0 Å². The molecule has 0 amide bonds. The monoisotopic (exact) mass is 641 g/mol. The number of hydrogen-bond acceptors (Lipinski definition) is 2. The van der Waals surface area contributed by atoms with Gasteiger partial charge in [-0.15, -0.1) is 0 Å². The lowest BCUT2D eigenvalue weighted by molar-refractivity contribution is 0.630. The highest BCUT2D eigenvalue weighted by Crippen LogP contribution is 2.53. The third-order valence-corrected chi connectivity index (χ3v) is 11.5. The number of hydrogen-bond donors (Lipinski definition) is 0. The summed E-state index contributed by atoms with van der Waals surface area (Å²) in [5, 5.41) is 2.56. The Balaban J connectivity index is 1.23. The summed E-state index contributed by atoms with van der Waals surface area (Å²) in [5.74, 6) is 0. The van der Waals surface area contributed by atoms with Gasteiger partial charge < -0.3 is 14.4 Å². The number of anilines is 6. The van der Waals surface area contributed by atoms with Crippen LogP contribution in [0.5, 0.6) is 0 Å². The normalized spacial score (nSPS) is 14.9. The van der Waals surface area contributed by atoms with E-state index >= 15 is 0 Å². The smallest absolute Gasteiger partial charge is 0.0583 e. The maximum Gasteiger partial charge on any atom is 0.0583 e. The van der Waals surface area contributed by atoms with Gasteiger partial charge in [0.15, 0.2) is 0 Å². The molecule has 0 N–H and O–H groups in total. The van der Waals surface area contributed by atoms with Crippen LogP contribution in [0.2, 0.25) is 0 Å². The molecule has 0 radical (unpaired) electrons. The molecule has 1 aromatic heterocycles. The van der Waals surface area contributed by atoms with Crippen molar-refractivity contribution in [3.8, 4) is 5.69 Å². The predicted molar refractivity (Wildman–Crippen MR) is 208 cm³/mol. The highest BCUT2D eigenvalue weighted by Gasteiger charge is 2.37. The Morgan fingerprint density at radius 2 is 0.880 bits per heavy atom. The molecule has 0 spiro atoms. The van der Waals surface area contributed by atoms with Crippen LogP contribution in [-0.4, -0.2) is 4.57 Å². The van der Waals surface area contributed by atoms with Crippen molar-refractivity contribution in [2.24, 2.45) is 0 Å². The summed E-state index contributed by atoms with van der Waals surface area (Å²) in [4.78, 5) is 4.97. The fourth-order valence-corrected chi connectivity index (χ4v) is 9.20. The molecular formula is C47H35N3. The second-order valence-electron chi connectivity index (χ2n) is 14.6. The topological polar surface area (TPSA) is 11.4 Å². The van der Waals surface area contributed by atoms with Crippen LogP contribution in [0.1, 0.15) is 47.2 Å². The first-order valence-corrected chi connectivity index (χ1v) is 17.7. The van der Waals surface area contributed by atoms with E-state index in [0.29, 0.717) is 0 Å². The lowest BCUT2D eigenvalue weighted by atomic mass is 9.74. The molecule has 8 aromatic rings. The summed E-state index contributed by atoms with van der Waals surface area (Å²) in [6.45, 7) is 4.80. The molecule has 0 saturated carbocycles. The van der Waals surface area contributed by atoms with Crippen LogP contribution in [0.3, 0.4) is 0 Å². The van der Waals surface area contributed by atoms with Gasteiger partial charge in [-0.3, -0.25) is 0 Å². The molecule has 3 nitrogen and oxygen atoms in total. The maximum atomic E-state index is 2.53. The average molecular weight is 642 g/mol. The van der Waals surface area contributed by atoms with Gasteiger partial charge in [0, 0.05) is 63.2 Å². The van der Waals surface area contributed by atoms with Gasteiger partial charge in [-0.25, -0.2) is 0 Å². The van der Waals surface area contributed by atoms with Crippen LogP contribution in [0.25, 0.3) is 27.5 Å². The van der Waals surface area contributed by atoms with Crippen LogP contribution in [0.4, 0.5) is 34.1 Å². The summed E-state index contributed by atoms with van der Waals surface area (Å²) < 4.78 is 2.53. The first-order chi connectivity index (χ1) is 24.6. The van der Waals surface area contributed by atoms with E-state index in [1.54, 1.807) is 0 Å². The molecule has 0 aliphatic carbocycles. The summed E-state index contributed by atoms with van der Waals surface area (Å²) in [6.07, 6.45) is 1.89. The van der Waals surface area contributed by atoms with E-state index in [0.717, 1.165) is 12.8 Å². The molecule has 3 aliphatic rings. The van der Waals surface area contributed by atoms with Gasteiger partial charge in [0.2, 0.25) is 0 Å². The lowest BCUT2D eigenvalue weighted by Gasteiger charge is -2.37. The zero-order valence-corrected chi connectivity index (χ0v) is 28.2. The largest absolute Gasteiger partial charge is 0.310 e. The van der Waals surface area contributed by atoms with E-state index < -0.39 is 0 Å². The van der Waals surface area contributed by atoms with Gasteiger partial charge in [-0.2, -0.15) is 0 Å². The Hall–Kier alpha value is -6.06. The Labute approximate surface area is 292 Å². The van der Waals surface area contributed by atoms with Crippen LogP contribution < -0.4 is 9.80 Å². The highest BCUT2D eigenvalue weighted by atomic mass is 15.2. The van der Waals surface area contributed by atoms with Crippen LogP contribution in [0.15, 0.2) is 152 Å². The first kappa shape index (κ1) is 27.8. The fourth-order valence-electron chi connectivity index (χ4n) is 9.20. The molecule has 0 unspecified atom stereocenters. The number of para-hydroxylation sites is 5. The Morgan fingerprint density at radius 1 is 0.420 bits per heavy atom. The minimum Gasteiger partial charge on any atom is -0.310 e. The number of fused-ring (bicyclic) bond motifs is 9. The molecule has 11 rings (SSSR count). The highest BCUT2D eigenvalue weighted by molar-refractivity contribution is 6.14. The molecule has 3 aliphatic heterocycles. The summed E-state index contributed by atoms with van der Waals surface area (Å²) in [7, 11) is 0. The van der Waals surface area contributed by atoms with Crippen LogP contribution in [0, 0.1) is 0 Å². The van der Waals surface area contributed by atoms with Gasteiger partial charge in [0.05, 0.1) is 16.7 Å². The molecule has 4 heterocycles. The summed E-state index contributed by atoms with van der Waals surface area (Å²) in [6, 6.07) is 56.6. The predicted octanol–water partition coefficient (Wildman–Crippen LogP) is 12.2. The zero-order chi connectivity index (χ0) is 33.1. The van der Waals surface area contributed by atoms with Gasteiger partial charge in [-0.05, 0) is 94.0 Å². The van der Waals surface area contributed by atoms with Crippen molar-refractivity contribution in [2.45, 2.75) is 32.1 Å². The average Bonchev–Trinajstić information content (AvgIpc) is 3.48. The Kier molecular flexibility index (Phi) is 5.57. The Morgan fingerprint density at radius 3 is 1.44 bits per heavy atom. The SMILES string of the molecule is CC1(C)c2ccccc2-n2c3ccc(N4c5ccccc5Cc5ccccc54)cc3c3cc(N4c5ccccc5Cc5ccccc54)cc1c32.